The third kappa shape index (κ3) is 3.05. The average molecular weight is 348 g/mol. The fourth-order valence-corrected chi connectivity index (χ4v) is 2.56. The van der Waals surface area contributed by atoms with Crippen LogP contribution >= 0.6 is 7.60 Å². The second-order valence-electron chi connectivity index (χ2n) is 4.89. The van der Waals surface area contributed by atoms with E-state index in [4.69, 9.17) is 19.3 Å². The van der Waals surface area contributed by atoms with Crippen LogP contribution in [0.15, 0.2) is 17.4 Å². The second kappa shape index (κ2) is 5.76. The minimum Gasteiger partial charge on any atom is -0.385 e. The molecule has 0 aliphatic carbocycles. The number of ether oxygens (including phenoxy) is 2. The molecule has 0 aromatic carbocycles. The molecule has 1 saturated heterocycles. The fraction of sp³-hybridized carbons (Fsp3) is 0.500. The van der Waals surface area contributed by atoms with Gasteiger partial charge in [-0.25, -0.2) is 9.97 Å². The molecular formula is C10H13N4O8P. The zero-order valence-electron chi connectivity index (χ0n) is 11.4. The summed E-state index contributed by atoms with van der Waals surface area (Å²) in [5.74, 6) is 0. The Morgan fingerprint density at radius 1 is 1.35 bits per heavy atom. The van der Waals surface area contributed by atoms with Crippen molar-refractivity contribution < 1.29 is 34.0 Å². The van der Waals surface area contributed by atoms with Gasteiger partial charge < -0.3 is 34.5 Å². The lowest BCUT2D eigenvalue weighted by Crippen LogP contribution is -2.33. The molecule has 0 saturated carbocycles. The van der Waals surface area contributed by atoms with Gasteiger partial charge >= 0.3 is 7.60 Å². The minimum atomic E-state index is -4.46. The molecule has 1 aliphatic rings. The maximum absolute atomic E-state index is 11.6. The Morgan fingerprint density at radius 3 is 2.78 bits per heavy atom. The Labute approximate surface area is 127 Å². The third-order valence-electron chi connectivity index (χ3n) is 3.24. The molecule has 0 unspecified atom stereocenters. The van der Waals surface area contributed by atoms with Crippen molar-refractivity contribution in [1.82, 2.24) is 19.5 Å². The van der Waals surface area contributed by atoms with E-state index in [1.165, 1.54) is 10.9 Å². The molecule has 23 heavy (non-hydrogen) atoms. The van der Waals surface area contributed by atoms with Gasteiger partial charge in [0.05, 0.1) is 12.7 Å². The molecule has 1 aliphatic heterocycles. The van der Waals surface area contributed by atoms with Crippen LogP contribution in [0.25, 0.3) is 11.2 Å². The van der Waals surface area contributed by atoms with Gasteiger partial charge in [0, 0.05) is 0 Å². The predicted octanol–water partition coefficient (Wildman–Crippen LogP) is -2.15. The summed E-state index contributed by atoms with van der Waals surface area (Å²) >= 11 is 0. The van der Waals surface area contributed by atoms with Crippen LogP contribution in [0, 0.1) is 0 Å². The monoisotopic (exact) mass is 348 g/mol. The first-order chi connectivity index (χ1) is 10.8. The Hall–Kier alpha value is -1.66. The largest absolute Gasteiger partial charge is 0.385 e. The van der Waals surface area contributed by atoms with E-state index in [0.29, 0.717) is 0 Å². The zero-order valence-corrected chi connectivity index (χ0v) is 12.3. The molecule has 0 radical (unpaired) electrons. The molecule has 2 aromatic rings. The van der Waals surface area contributed by atoms with Gasteiger partial charge in [-0.3, -0.25) is 13.9 Å². The van der Waals surface area contributed by atoms with Crippen LogP contribution in [0.3, 0.4) is 0 Å². The molecular weight excluding hydrogens is 335 g/mol. The first-order valence-electron chi connectivity index (χ1n) is 6.36. The van der Waals surface area contributed by atoms with Crippen LogP contribution in [0.5, 0.6) is 0 Å². The summed E-state index contributed by atoms with van der Waals surface area (Å²) in [6, 6.07) is 0. The van der Waals surface area contributed by atoms with E-state index in [2.05, 4.69) is 15.0 Å². The third-order valence-corrected chi connectivity index (χ3v) is 3.73. The maximum Gasteiger partial charge on any atom is 0.351 e. The molecule has 0 bridgehead atoms. The lowest BCUT2D eigenvalue weighted by atomic mass is 10.2. The number of nitrogens with one attached hydrogen (secondary N) is 1. The van der Waals surface area contributed by atoms with E-state index in [-0.39, 0.29) is 11.2 Å². The molecule has 3 rings (SSSR count). The Bertz CT molecular complexity index is 815. The summed E-state index contributed by atoms with van der Waals surface area (Å²) in [5, 5.41) is 19.9. The number of nitrogens with zero attached hydrogens (tertiary/aromatic N) is 3. The highest BCUT2D eigenvalue weighted by Crippen LogP contribution is 2.37. The number of H-pyrrole nitrogens is 1. The number of hydrogen-bond donors (Lipinski definition) is 5. The van der Waals surface area contributed by atoms with Crippen LogP contribution < -0.4 is 5.56 Å². The molecule has 0 spiro atoms. The van der Waals surface area contributed by atoms with Crippen molar-refractivity contribution in [3.63, 3.8) is 0 Å². The number of rotatable bonds is 4. The van der Waals surface area contributed by atoms with Crippen molar-refractivity contribution >= 4 is 18.8 Å². The molecule has 3 heterocycles. The van der Waals surface area contributed by atoms with Gasteiger partial charge in [-0.05, 0) is 0 Å². The van der Waals surface area contributed by atoms with E-state index >= 15 is 0 Å². The number of hydrogen-bond acceptors (Lipinski definition) is 8. The molecule has 5 N–H and O–H groups in total. The summed E-state index contributed by atoms with van der Waals surface area (Å²) < 4.78 is 22.1. The summed E-state index contributed by atoms with van der Waals surface area (Å²) in [6.07, 6.45) is -4.31. The number of aromatic nitrogens is 4. The first kappa shape index (κ1) is 16.2. The highest BCUT2D eigenvalue weighted by Gasteiger charge is 2.45. The van der Waals surface area contributed by atoms with Crippen LogP contribution in [0.1, 0.15) is 6.23 Å². The summed E-state index contributed by atoms with van der Waals surface area (Å²) in [4.78, 5) is 39.3. The van der Waals surface area contributed by atoms with Crippen LogP contribution in [0.4, 0.5) is 0 Å². The number of aliphatic hydroxyl groups is 2. The van der Waals surface area contributed by atoms with Crippen molar-refractivity contribution in [1.29, 1.82) is 0 Å². The summed E-state index contributed by atoms with van der Waals surface area (Å²) in [7, 11) is -4.46. The second-order valence-corrected chi connectivity index (χ2v) is 6.48. The van der Waals surface area contributed by atoms with Gasteiger partial charge in [0.25, 0.3) is 5.56 Å². The molecule has 1 fully saturated rings. The smallest absolute Gasteiger partial charge is 0.351 e. The SMILES string of the molecule is O=c1[nH]cnc2c1ncn2[C@@H]1O[C@H](OCP(=O)(O)O)[C@@H](O)[C@H]1O. The van der Waals surface area contributed by atoms with Gasteiger partial charge in [0.1, 0.15) is 12.2 Å². The van der Waals surface area contributed by atoms with Gasteiger partial charge in [0.15, 0.2) is 30.0 Å². The maximum atomic E-state index is 11.6. The molecule has 12 nitrogen and oxygen atoms in total. The van der Waals surface area contributed by atoms with E-state index in [0.717, 1.165) is 6.33 Å². The Balaban J connectivity index is 1.87. The predicted molar refractivity (Wildman–Crippen MR) is 72.1 cm³/mol. The standard InChI is InChI=1S/C10H13N4O8P/c15-5-6(16)10(21-3-23(18,19)20)22-9(5)14-2-13-4-7(14)11-1-12-8(4)17/h1-2,5-6,9-10,15-16H,3H2,(H,11,12,17)(H2,18,19,20)/t5-,6+,9-,10+/m1/s1. The number of fused-ring (bicyclic) bond motifs is 1. The van der Waals surface area contributed by atoms with Crippen molar-refractivity contribution in [2.75, 3.05) is 6.35 Å². The normalized spacial score (nSPS) is 28.5. The van der Waals surface area contributed by atoms with E-state index in [1.54, 1.807) is 0 Å². The lowest BCUT2D eigenvalue weighted by molar-refractivity contribution is -0.167. The van der Waals surface area contributed by atoms with Gasteiger partial charge in [-0.1, -0.05) is 0 Å². The number of aliphatic hydroxyl groups excluding tert-OH is 2. The van der Waals surface area contributed by atoms with E-state index in [9.17, 15) is 19.6 Å². The average Bonchev–Trinajstić information content (AvgIpc) is 3.01. The van der Waals surface area contributed by atoms with Gasteiger partial charge in [0.2, 0.25) is 0 Å². The zero-order chi connectivity index (χ0) is 16.8. The van der Waals surface area contributed by atoms with Crippen molar-refractivity contribution in [3.8, 4) is 0 Å². The number of imidazole rings is 1. The van der Waals surface area contributed by atoms with Gasteiger partial charge in [-0.2, -0.15) is 0 Å². The van der Waals surface area contributed by atoms with E-state index < -0.39 is 44.2 Å². The van der Waals surface area contributed by atoms with Crippen LogP contribution in [0.2, 0.25) is 0 Å². The van der Waals surface area contributed by atoms with Gasteiger partial charge in [-0.15, -0.1) is 0 Å². The van der Waals surface area contributed by atoms with Crippen molar-refractivity contribution in [2.45, 2.75) is 24.7 Å². The molecule has 126 valence electrons. The lowest BCUT2D eigenvalue weighted by Gasteiger charge is -2.16. The topological polar surface area (TPSA) is 180 Å². The molecule has 0 amide bonds. The van der Waals surface area contributed by atoms with Crippen molar-refractivity contribution in [3.05, 3.63) is 23.0 Å². The van der Waals surface area contributed by atoms with Crippen LogP contribution in [-0.2, 0) is 14.0 Å². The highest BCUT2D eigenvalue weighted by atomic mass is 31.2. The Kier molecular flexibility index (Phi) is 4.06. The number of aromatic amines is 1. The van der Waals surface area contributed by atoms with Crippen LogP contribution in [-0.4, -0.2) is 64.4 Å². The molecule has 4 atom stereocenters. The minimum absolute atomic E-state index is 0.0115. The Morgan fingerprint density at radius 2 is 2.09 bits per heavy atom. The summed E-state index contributed by atoms with van der Waals surface area (Å²) in [6.45, 7) is 0. The molecule has 2 aromatic heterocycles. The fourth-order valence-electron chi connectivity index (χ4n) is 2.22. The highest BCUT2D eigenvalue weighted by molar-refractivity contribution is 7.51. The summed E-state index contributed by atoms with van der Waals surface area (Å²) in [5.41, 5.74) is -0.367. The molecule has 13 heteroatoms. The quantitative estimate of drug-likeness (QED) is 0.382. The van der Waals surface area contributed by atoms with Crippen molar-refractivity contribution in [2.24, 2.45) is 0 Å². The first-order valence-corrected chi connectivity index (χ1v) is 8.16. The van der Waals surface area contributed by atoms with E-state index in [1.807, 2.05) is 0 Å².